The van der Waals surface area contributed by atoms with E-state index in [-0.39, 0.29) is 20.6 Å². The molecule has 9 nitrogen and oxygen atoms in total. The lowest BCUT2D eigenvalue weighted by Gasteiger charge is -2.11. The Kier molecular flexibility index (Phi) is 7.60. The van der Waals surface area contributed by atoms with E-state index in [2.05, 4.69) is 10.0 Å². The summed E-state index contributed by atoms with van der Waals surface area (Å²) in [6.07, 6.45) is 0.679. The number of nitrogens with one attached hydrogen (secondary N) is 2. The van der Waals surface area contributed by atoms with Gasteiger partial charge in [-0.3, -0.25) is 9.59 Å². The second-order valence-corrected chi connectivity index (χ2v) is 8.85. The SMILES string of the molecule is O=C(COC(=O)CNS(=O)(=O)c1ccc2c(c1)OCCCO2)Nc1cccc(Cl)c1Cl. The number of sulfonamides is 1. The zero-order valence-electron chi connectivity index (χ0n) is 16.0. The van der Waals surface area contributed by atoms with Crippen molar-refractivity contribution in [1.29, 1.82) is 0 Å². The Morgan fingerprint density at radius 1 is 1.06 bits per heavy atom. The van der Waals surface area contributed by atoms with E-state index >= 15 is 0 Å². The van der Waals surface area contributed by atoms with Gasteiger partial charge in [0.2, 0.25) is 10.0 Å². The first kappa shape index (κ1) is 23.1. The fraction of sp³-hybridized carbons (Fsp3) is 0.263. The number of benzene rings is 2. The molecule has 2 N–H and O–H groups in total. The number of halogens is 2. The lowest BCUT2D eigenvalue weighted by atomic mass is 10.3. The van der Waals surface area contributed by atoms with Crippen LogP contribution in [-0.2, 0) is 24.3 Å². The minimum absolute atomic E-state index is 0.0992. The van der Waals surface area contributed by atoms with E-state index in [0.29, 0.717) is 31.1 Å². The zero-order chi connectivity index (χ0) is 22.4. The van der Waals surface area contributed by atoms with Crippen LogP contribution in [0, 0.1) is 0 Å². The Morgan fingerprint density at radius 2 is 1.81 bits per heavy atom. The maximum atomic E-state index is 12.4. The number of carbonyl (C=O) groups excluding carboxylic acids is 2. The number of anilines is 1. The third-order valence-corrected chi connectivity index (χ3v) is 6.24. The van der Waals surface area contributed by atoms with Crippen molar-refractivity contribution < 1.29 is 32.2 Å². The molecule has 2 aromatic carbocycles. The van der Waals surface area contributed by atoms with E-state index in [0.717, 1.165) is 0 Å². The van der Waals surface area contributed by atoms with Gasteiger partial charge in [-0.2, -0.15) is 4.72 Å². The first-order valence-corrected chi connectivity index (χ1v) is 11.3. The highest BCUT2D eigenvalue weighted by atomic mass is 35.5. The van der Waals surface area contributed by atoms with E-state index in [1.165, 1.54) is 24.3 Å². The van der Waals surface area contributed by atoms with Gasteiger partial charge in [-0.1, -0.05) is 29.3 Å². The summed E-state index contributed by atoms with van der Waals surface area (Å²) in [4.78, 5) is 23.7. The Morgan fingerprint density at radius 3 is 2.58 bits per heavy atom. The first-order chi connectivity index (χ1) is 14.8. The minimum atomic E-state index is -4.02. The summed E-state index contributed by atoms with van der Waals surface area (Å²) in [6.45, 7) is -0.422. The number of amides is 1. The minimum Gasteiger partial charge on any atom is -0.490 e. The standard InChI is InChI=1S/C19H18Cl2N2O7S/c20-13-3-1-4-14(19(13)21)23-17(24)11-30-18(25)10-22-31(26,27)12-5-6-15-16(9-12)29-8-2-7-28-15/h1,3-6,9,22H,2,7-8,10-11H2,(H,23,24). The van der Waals surface area contributed by atoms with Gasteiger partial charge in [-0.05, 0) is 24.3 Å². The molecule has 0 bridgehead atoms. The number of hydrogen-bond donors (Lipinski definition) is 2. The maximum absolute atomic E-state index is 12.4. The Bertz CT molecular complexity index is 1090. The van der Waals surface area contributed by atoms with Gasteiger partial charge < -0.3 is 19.5 Å². The summed E-state index contributed by atoms with van der Waals surface area (Å²) in [5.74, 6) is -0.852. The normalized spacial score (nSPS) is 13.2. The molecule has 31 heavy (non-hydrogen) atoms. The molecule has 0 fully saturated rings. The van der Waals surface area contributed by atoms with Crippen LogP contribution in [-0.4, -0.2) is 46.7 Å². The summed E-state index contributed by atoms with van der Waals surface area (Å²) in [5, 5.41) is 2.84. The number of carbonyl (C=O) groups is 2. The molecule has 1 aliphatic rings. The molecule has 0 unspecified atom stereocenters. The van der Waals surface area contributed by atoms with Gasteiger partial charge in [0.05, 0.1) is 33.8 Å². The Balaban J connectivity index is 1.51. The van der Waals surface area contributed by atoms with Crippen LogP contribution < -0.4 is 19.5 Å². The summed E-state index contributed by atoms with van der Waals surface area (Å²) >= 11 is 11.8. The van der Waals surface area contributed by atoms with E-state index in [1.54, 1.807) is 12.1 Å². The van der Waals surface area contributed by atoms with E-state index in [4.69, 9.17) is 37.4 Å². The largest absolute Gasteiger partial charge is 0.490 e. The topological polar surface area (TPSA) is 120 Å². The third kappa shape index (κ3) is 6.23. The van der Waals surface area contributed by atoms with Crippen LogP contribution in [0.3, 0.4) is 0 Å². The van der Waals surface area contributed by atoms with Gasteiger partial charge in [-0.25, -0.2) is 8.42 Å². The first-order valence-electron chi connectivity index (χ1n) is 9.05. The van der Waals surface area contributed by atoms with Gasteiger partial charge in [0.25, 0.3) is 5.91 Å². The van der Waals surface area contributed by atoms with Crippen molar-refractivity contribution in [2.24, 2.45) is 0 Å². The van der Waals surface area contributed by atoms with Gasteiger partial charge >= 0.3 is 5.97 Å². The smallest absolute Gasteiger partial charge is 0.321 e. The molecule has 1 aliphatic heterocycles. The molecule has 0 atom stereocenters. The maximum Gasteiger partial charge on any atom is 0.321 e. The average Bonchev–Trinajstić information content (AvgIpc) is 2.99. The molecule has 0 aliphatic carbocycles. The van der Waals surface area contributed by atoms with Crippen LogP contribution in [0.5, 0.6) is 11.5 Å². The van der Waals surface area contributed by atoms with Crippen LogP contribution >= 0.6 is 23.2 Å². The zero-order valence-corrected chi connectivity index (χ0v) is 18.3. The van der Waals surface area contributed by atoms with Crippen molar-refractivity contribution in [2.75, 3.05) is 31.7 Å². The van der Waals surface area contributed by atoms with Gasteiger partial charge in [0, 0.05) is 12.5 Å². The van der Waals surface area contributed by atoms with Crippen molar-refractivity contribution >= 4 is 50.8 Å². The monoisotopic (exact) mass is 488 g/mol. The lowest BCUT2D eigenvalue weighted by molar-refractivity contribution is -0.146. The second-order valence-electron chi connectivity index (χ2n) is 6.29. The quantitative estimate of drug-likeness (QED) is 0.574. The number of esters is 1. The summed E-state index contributed by atoms with van der Waals surface area (Å²) in [7, 11) is -4.02. The number of hydrogen-bond acceptors (Lipinski definition) is 7. The van der Waals surface area contributed by atoms with Crippen molar-refractivity contribution in [2.45, 2.75) is 11.3 Å². The molecule has 0 spiro atoms. The molecule has 0 aromatic heterocycles. The predicted octanol–water partition coefficient (Wildman–Crippen LogP) is 2.61. The van der Waals surface area contributed by atoms with Gasteiger partial charge in [-0.15, -0.1) is 0 Å². The average molecular weight is 489 g/mol. The number of rotatable bonds is 7. The van der Waals surface area contributed by atoms with E-state index < -0.39 is 35.1 Å². The van der Waals surface area contributed by atoms with Crippen LogP contribution in [0.25, 0.3) is 0 Å². The Labute approximate surface area is 188 Å². The molecule has 3 rings (SSSR count). The molecular weight excluding hydrogens is 471 g/mol. The van der Waals surface area contributed by atoms with E-state index in [9.17, 15) is 18.0 Å². The van der Waals surface area contributed by atoms with Crippen LogP contribution in [0.15, 0.2) is 41.3 Å². The molecule has 1 amide bonds. The number of ether oxygens (including phenoxy) is 3. The molecule has 0 saturated carbocycles. The third-order valence-electron chi connectivity index (χ3n) is 4.03. The molecule has 1 heterocycles. The predicted molar refractivity (Wildman–Crippen MR) is 113 cm³/mol. The summed E-state index contributed by atoms with van der Waals surface area (Å²) < 4.78 is 42.7. The van der Waals surface area contributed by atoms with Crippen LogP contribution in [0.2, 0.25) is 10.0 Å². The molecule has 166 valence electrons. The highest BCUT2D eigenvalue weighted by Crippen LogP contribution is 2.32. The fourth-order valence-corrected chi connectivity index (χ4v) is 3.86. The van der Waals surface area contributed by atoms with Crippen LogP contribution in [0.4, 0.5) is 5.69 Å². The summed E-state index contributed by atoms with van der Waals surface area (Å²) in [6, 6.07) is 8.80. The molecule has 2 aromatic rings. The van der Waals surface area contributed by atoms with Crippen molar-refractivity contribution in [3.63, 3.8) is 0 Å². The number of fused-ring (bicyclic) bond motifs is 1. The highest BCUT2D eigenvalue weighted by molar-refractivity contribution is 7.89. The highest BCUT2D eigenvalue weighted by Gasteiger charge is 2.20. The lowest BCUT2D eigenvalue weighted by Crippen LogP contribution is -2.32. The van der Waals surface area contributed by atoms with Gasteiger partial charge in [0.15, 0.2) is 18.1 Å². The fourth-order valence-electron chi connectivity index (χ4n) is 2.53. The molecule has 12 heteroatoms. The second kappa shape index (κ2) is 10.2. The van der Waals surface area contributed by atoms with Crippen molar-refractivity contribution in [3.05, 3.63) is 46.4 Å². The molecule has 0 radical (unpaired) electrons. The van der Waals surface area contributed by atoms with E-state index in [1.807, 2.05) is 0 Å². The van der Waals surface area contributed by atoms with Gasteiger partial charge in [0.1, 0.15) is 6.54 Å². The molecule has 0 saturated heterocycles. The van der Waals surface area contributed by atoms with Crippen molar-refractivity contribution in [3.8, 4) is 11.5 Å². The van der Waals surface area contributed by atoms with Crippen molar-refractivity contribution in [1.82, 2.24) is 4.72 Å². The molecular formula is C19H18Cl2N2O7S. The summed E-state index contributed by atoms with van der Waals surface area (Å²) in [5.41, 5.74) is 0.255. The Hall–Kier alpha value is -2.53. The van der Waals surface area contributed by atoms with Crippen LogP contribution in [0.1, 0.15) is 6.42 Å².